The minimum Gasteiger partial charge on any atom is -0.485 e. The van der Waals surface area contributed by atoms with Gasteiger partial charge in [0.2, 0.25) is 0 Å². The molecule has 0 radical (unpaired) electrons. The Morgan fingerprint density at radius 1 is 0.913 bits per heavy atom. The molecule has 2 nitrogen and oxygen atoms in total. The van der Waals surface area contributed by atoms with Crippen LogP contribution in [0.25, 0.3) is 11.1 Å². The Balaban J connectivity index is 1.94. The van der Waals surface area contributed by atoms with E-state index in [0.717, 1.165) is 17.4 Å². The molecule has 0 aromatic heterocycles. The third-order valence-corrected chi connectivity index (χ3v) is 3.53. The molecular formula is C20H15FO2. The van der Waals surface area contributed by atoms with E-state index in [2.05, 4.69) is 0 Å². The van der Waals surface area contributed by atoms with Crippen LogP contribution in [-0.2, 0) is 6.61 Å². The molecule has 0 bridgehead atoms. The van der Waals surface area contributed by atoms with E-state index in [1.54, 1.807) is 30.3 Å². The number of halogens is 1. The van der Waals surface area contributed by atoms with Crippen LogP contribution in [0.5, 0.6) is 5.75 Å². The number of hydrogen-bond donors (Lipinski definition) is 0. The lowest BCUT2D eigenvalue weighted by Gasteiger charge is -2.13. The molecule has 3 heteroatoms. The molecule has 0 fully saturated rings. The summed E-state index contributed by atoms with van der Waals surface area (Å²) in [6, 6.07) is 21.4. The van der Waals surface area contributed by atoms with Gasteiger partial charge in [-0.3, -0.25) is 4.79 Å². The summed E-state index contributed by atoms with van der Waals surface area (Å²) in [7, 11) is 0. The minimum atomic E-state index is -0.421. The van der Waals surface area contributed by atoms with Crippen LogP contribution in [0.2, 0.25) is 0 Å². The highest BCUT2D eigenvalue weighted by molar-refractivity contribution is 5.80. The fourth-order valence-electron chi connectivity index (χ4n) is 2.39. The first-order valence-electron chi connectivity index (χ1n) is 7.29. The molecule has 0 aliphatic rings. The highest BCUT2D eigenvalue weighted by Crippen LogP contribution is 2.33. The van der Waals surface area contributed by atoms with Gasteiger partial charge in [0.1, 0.15) is 12.9 Å². The average molecular weight is 306 g/mol. The van der Waals surface area contributed by atoms with Gasteiger partial charge >= 0.3 is 0 Å². The number of benzene rings is 3. The molecule has 0 heterocycles. The number of carbonyl (C=O) groups is 1. The summed E-state index contributed by atoms with van der Waals surface area (Å²) in [6.45, 7) is 0.280. The van der Waals surface area contributed by atoms with Crippen molar-refractivity contribution in [3.63, 3.8) is 0 Å². The Labute approximate surface area is 134 Å². The van der Waals surface area contributed by atoms with Crippen LogP contribution in [0.4, 0.5) is 4.39 Å². The highest BCUT2D eigenvalue weighted by Gasteiger charge is 2.12. The zero-order chi connectivity index (χ0) is 16.1. The Morgan fingerprint density at radius 3 is 2.48 bits per heavy atom. The van der Waals surface area contributed by atoms with Crippen LogP contribution in [0.1, 0.15) is 15.9 Å². The van der Waals surface area contributed by atoms with E-state index in [4.69, 9.17) is 4.74 Å². The fraction of sp³-hybridized carbons (Fsp3) is 0.0500. The van der Waals surface area contributed by atoms with Crippen molar-refractivity contribution in [2.45, 2.75) is 6.61 Å². The van der Waals surface area contributed by atoms with Crippen molar-refractivity contribution < 1.29 is 13.9 Å². The first-order chi connectivity index (χ1) is 11.3. The smallest absolute Gasteiger partial charge is 0.165 e. The van der Waals surface area contributed by atoms with Gasteiger partial charge < -0.3 is 4.74 Å². The average Bonchev–Trinajstić information content (AvgIpc) is 2.61. The summed E-state index contributed by atoms with van der Waals surface area (Å²) in [6.07, 6.45) is 0.771. The molecule has 0 amide bonds. The second-order valence-corrected chi connectivity index (χ2v) is 5.13. The SMILES string of the molecule is O=Cc1cccc(-c2cccc(F)c2OCc2ccccc2)c1. The van der Waals surface area contributed by atoms with Crippen molar-refractivity contribution in [2.24, 2.45) is 0 Å². The number of para-hydroxylation sites is 1. The predicted molar refractivity (Wildman–Crippen MR) is 88.0 cm³/mol. The molecule has 0 unspecified atom stereocenters. The minimum absolute atomic E-state index is 0.194. The largest absolute Gasteiger partial charge is 0.485 e. The van der Waals surface area contributed by atoms with Crippen molar-refractivity contribution in [2.75, 3.05) is 0 Å². The third kappa shape index (κ3) is 3.46. The molecule has 0 spiro atoms. The fourth-order valence-corrected chi connectivity index (χ4v) is 2.39. The molecular weight excluding hydrogens is 291 g/mol. The van der Waals surface area contributed by atoms with Crippen molar-refractivity contribution in [3.05, 3.63) is 89.7 Å². The number of carbonyl (C=O) groups excluding carboxylic acids is 1. The lowest BCUT2D eigenvalue weighted by atomic mass is 10.0. The van der Waals surface area contributed by atoms with E-state index < -0.39 is 5.82 Å². The van der Waals surface area contributed by atoms with Crippen molar-refractivity contribution in [1.82, 2.24) is 0 Å². The molecule has 114 valence electrons. The lowest BCUT2D eigenvalue weighted by molar-refractivity contribution is 0.112. The van der Waals surface area contributed by atoms with Gasteiger partial charge in [0, 0.05) is 11.1 Å². The van der Waals surface area contributed by atoms with Crippen LogP contribution in [-0.4, -0.2) is 6.29 Å². The summed E-state index contributed by atoms with van der Waals surface area (Å²) in [5.41, 5.74) is 2.88. The second-order valence-electron chi connectivity index (χ2n) is 5.13. The Hall–Kier alpha value is -2.94. The standard InChI is InChI=1S/C20H15FO2/c21-19-11-5-10-18(17-9-4-8-16(12-17)13-22)20(19)23-14-15-6-2-1-3-7-15/h1-13H,14H2. The molecule has 23 heavy (non-hydrogen) atoms. The molecule has 3 aromatic rings. The summed E-state index contributed by atoms with van der Waals surface area (Å²) in [5.74, 6) is -0.227. The van der Waals surface area contributed by atoms with Crippen LogP contribution in [0.3, 0.4) is 0 Å². The van der Waals surface area contributed by atoms with E-state index >= 15 is 0 Å². The predicted octanol–water partition coefficient (Wildman–Crippen LogP) is 4.88. The van der Waals surface area contributed by atoms with Gasteiger partial charge in [-0.15, -0.1) is 0 Å². The summed E-state index contributed by atoms with van der Waals surface area (Å²) in [5, 5.41) is 0. The first-order valence-corrected chi connectivity index (χ1v) is 7.29. The monoisotopic (exact) mass is 306 g/mol. The lowest BCUT2D eigenvalue weighted by Crippen LogP contribution is -1.99. The molecule has 0 saturated carbocycles. The van der Waals surface area contributed by atoms with Crippen molar-refractivity contribution in [3.8, 4) is 16.9 Å². The maximum absolute atomic E-state index is 14.2. The van der Waals surface area contributed by atoms with Crippen molar-refractivity contribution in [1.29, 1.82) is 0 Å². The molecule has 3 aromatic carbocycles. The molecule has 0 atom stereocenters. The zero-order valence-corrected chi connectivity index (χ0v) is 12.4. The molecule has 0 aliphatic carbocycles. The Kier molecular flexibility index (Phi) is 4.48. The second kappa shape index (κ2) is 6.88. The van der Waals surface area contributed by atoms with E-state index in [-0.39, 0.29) is 12.4 Å². The van der Waals surface area contributed by atoms with Crippen LogP contribution < -0.4 is 4.74 Å². The molecule has 0 saturated heterocycles. The molecule has 0 N–H and O–H groups in total. The first kappa shape index (κ1) is 15.0. The van der Waals surface area contributed by atoms with Gasteiger partial charge in [-0.1, -0.05) is 60.7 Å². The van der Waals surface area contributed by atoms with E-state index in [1.807, 2.05) is 36.4 Å². The van der Waals surface area contributed by atoms with Crippen LogP contribution in [0, 0.1) is 5.82 Å². The number of rotatable bonds is 5. The van der Waals surface area contributed by atoms with E-state index in [1.165, 1.54) is 6.07 Å². The van der Waals surface area contributed by atoms with Gasteiger partial charge in [0.05, 0.1) is 0 Å². The van der Waals surface area contributed by atoms with E-state index in [0.29, 0.717) is 11.1 Å². The number of ether oxygens (including phenoxy) is 1. The summed E-state index contributed by atoms with van der Waals surface area (Å²) < 4.78 is 19.9. The highest BCUT2D eigenvalue weighted by atomic mass is 19.1. The van der Waals surface area contributed by atoms with Gasteiger partial charge in [-0.25, -0.2) is 4.39 Å². The van der Waals surface area contributed by atoms with Gasteiger partial charge in [-0.2, -0.15) is 0 Å². The molecule has 3 rings (SSSR count). The number of hydrogen-bond acceptors (Lipinski definition) is 2. The zero-order valence-electron chi connectivity index (χ0n) is 12.4. The van der Waals surface area contributed by atoms with Gasteiger partial charge in [0.15, 0.2) is 11.6 Å². The topological polar surface area (TPSA) is 26.3 Å². The van der Waals surface area contributed by atoms with Crippen LogP contribution >= 0.6 is 0 Å². The van der Waals surface area contributed by atoms with Crippen molar-refractivity contribution >= 4 is 6.29 Å². The maximum Gasteiger partial charge on any atom is 0.165 e. The normalized spacial score (nSPS) is 10.3. The summed E-state index contributed by atoms with van der Waals surface area (Å²) in [4.78, 5) is 10.9. The van der Waals surface area contributed by atoms with Gasteiger partial charge in [0.25, 0.3) is 0 Å². The number of aldehydes is 1. The van der Waals surface area contributed by atoms with Gasteiger partial charge in [-0.05, 0) is 23.3 Å². The Bertz CT molecular complexity index is 813. The van der Waals surface area contributed by atoms with E-state index in [9.17, 15) is 9.18 Å². The summed E-state index contributed by atoms with van der Waals surface area (Å²) >= 11 is 0. The quantitative estimate of drug-likeness (QED) is 0.628. The third-order valence-electron chi connectivity index (χ3n) is 3.53. The molecule has 0 aliphatic heterocycles. The van der Waals surface area contributed by atoms with Crippen LogP contribution in [0.15, 0.2) is 72.8 Å². The Morgan fingerprint density at radius 2 is 1.70 bits per heavy atom. The maximum atomic E-state index is 14.2.